The summed E-state index contributed by atoms with van der Waals surface area (Å²) in [6, 6.07) is 5.67. The molecule has 0 heterocycles. The quantitative estimate of drug-likeness (QED) is 0.703. The van der Waals surface area contributed by atoms with E-state index in [1.54, 1.807) is 7.11 Å². The smallest absolute Gasteiger partial charge is 0.153 e. The van der Waals surface area contributed by atoms with Crippen molar-refractivity contribution >= 4 is 11.9 Å². The number of aldehydes is 1. The fourth-order valence-corrected chi connectivity index (χ4v) is 1.60. The van der Waals surface area contributed by atoms with Gasteiger partial charge in [-0.05, 0) is 36.6 Å². The van der Waals surface area contributed by atoms with E-state index in [4.69, 9.17) is 4.74 Å². The van der Waals surface area contributed by atoms with E-state index in [9.17, 15) is 4.79 Å². The molecule has 2 heteroatoms. The molecular weight excluding hydrogens is 188 g/mol. The van der Waals surface area contributed by atoms with Gasteiger partial charge in [-0.1, -0.05) is 19.1 Å². The van der Waals surface area contributed by atoms with Gasteiger partial charge in [0.2, 0.25) is 0 Å². The van der Waals surface area contributed by atoms with Gasteiger partial charge in [0.05, 0.1) is 12.7 Å². The Balaban J connectivity index is 3.18. The minimum atomic E-state index is 0.600. The van der Waals surface area contributed by atoms with E-state index in [-0.39, 0.29) is 0 Å². The van der Waals surface area contributed by atoms with Crippen molar-refractivity contribution < 1.29 is 9.53 Å². The molecule has 0 N–H and O–H groups in total. The monoisotopic (exact) mass is 204 g/mol. The van der Waals surface area contributed by atoms with E-state index in [0.717, 1.165) is 18.3 Å². The highest BCUT2D eigenvalue weighted by atomic mass is 16.5. The minimum absolute atomic E-state index is 0.600. The second-order valence-corrected chi connectivity index (χ2v) is 3.24. The van der Waals surface area contributed by atoms with Crippen molar-refractivity contribution in [2.75, 3.05) is 7.11 Å². The summed E-state index contributed by atoms with van der Waals surface area (Å²) in [4.78, 5) is 10.8. The van der Waals surface area contributed by atoms with Gasteiger partial charge in [0, 0.05) is 0 Å². The molecule has 0 spiro atoms. The number of ether oxygens (including phenoxy) is 1. The Morgan fingerprint density at radius 1 is 1.47 bits per heavy atom. The summed E-state index contributed by atoms with van der Waals surface area (Å²) in [5.74, 6) is 0.625. The fraction of sp³-hybridized carbons (Fsp3) is 0.308. The summed E-state index contributed by atoms with van der Waals surface area (Å²) < 4.78 is 5.09. The molecule has 0 radical (unpaired) electrons. The molecule has 0 unspecified atom stereocenters. The van der Waals surface area contributed by atoms with Crippen LogP contribution in [0, 0.1) is 0 Å². The highest BCUT2D eigenvalue weighted by Gasteiger charge is 2.05. The molecule has 0 aliphatic rings. The van der Waals surface area contributed by atoms with Crippen LogP contribution < -0.4 is 4.74 Å². The van der Waals surface area contributed by atoms with Gasteiger partial charge >= 0.3 is 0 Å². The first-order valence-electron chi connectivity index (χ1n) is 5.05. The van der Waals surface area contributed by atoms with Crippen LogP contribution in [0.4, 0.5) is 0 Å². The van der Waals surface area contributed by atoms with E-state index in [0.29, 0.717) is 11.3 Å². The lowest BCUT2D eigenvalue weighted by Gasteiger charge is -2.08. The van der Waals surface area contributed by atoms with Crippen LogP contribution in [0.15, 0.2) is 24.3 Å². The van der Waals surface area contributed by atoms with Crippen molar-refractivity contribution in [2.24, 2.45) is 0 Å². The first kappa shape index (κ1) is 11.5. The molecule has 0 aliphatic carbocycles. The van der Waals surface area contributed by atoms with Crippen molar-refractivity contribution in [1.82, 2.24) is 0 Å². The van der Waals surface area contributed by atoms with Crippen LogP contribution in [0.2, 0.25) is 0 Å². The van der Waals surface area contributed by atoms with Gasteiger partial charge in [0.15, 0.2) is 6.29 Å². The van der Waals surface area contributed by atoms with Crippen molar-refractivity contribution in [3.8, 4) is 5.75 Å². The Morgan fingerprint density at radius 2 is 2.20 bits per heavy atom. The molecule has 0 saturated carbocycles. The summed E-state index contributed by atoms with van der Waals surface area (Å²) in [7, 11) is 1.57. The van der Waals surface area contributed by atoms with Crippen molar-refractivity contribution in [3.63, 3.8) is 0 Å². The van der Waals surface area contributed by atoms with E-state index < -0.39 is 0 Å². The SMILES string of the molecule is C/C=C(/CC)c1ccc(OC)c(C=O)c1. The predicted octanol–water partition coefficient (Wildman–Crippen LogP) is 3.32. The minimum Gasteiger partial charge on any atom is -0.496 e. The molecule has 80 valence electrons. The Labute approximate surface area is 90.6 Å². The number of rotatable bonds is 4. The molecule has 0 saturated heterocycles. The Bertz CT molecular complexity index is 378. The van der Waals surface area contributed by atoms with Gasteiger partial charge < -0.3 is 4.74 Å². The van der Waals surface area contributed by atoms with Crippen molar-refractivity contribution in [1.29, 1.82) is 0 Å². The average molecular weight is 204 g/mol. The van der Waals surface area contributed by atoms with Gasteiger partial charge in [-0.25, -0.2) is 0 Å². The molecular formula is C13H16O2. The summed E-state index contributed by atoms with van der Waals surface area (Å²) in [6.07, 6.45) is 3.85. The molecule has 1 rings (SSSR count). The molecule has 0 fully saturated rings. The molecule has 0 aromatic heterocycles. The Kier molecular flexibility index (Phi) is 4.10. The van der Waals surface area contributed by atoms with Crippen LogP contribution in [0.1, 0.15) is 36.2 Å². The Hall–Kier alpha value is -1.57. The third kappa shape index (κ3) is 2.46. The molecule has 1 aromatic carbocycles. The number of hydrogen-bond donors (Lipinski definition) is 0. The molecule has 0 atom stereocenters. The maximum Gasteiger partial charge on any atom is 0.153 e. The van der Waals surface area contributed by atoms with Crippen LogP contribution in [0.3, 0.4) is 0 Å². The number of methoxy groups -OCH3 is 1. The van der Waals surface area contributed by atoms with Gasteiger partial charge in [-0.2, -0.15) is 0 Å². The fourth-order valence-electron chi connectivity index (χ4n) is 1.60. The molecule has 2 nitrogen and oxygen atoms in total. The average Bonchev–Trinajstić information content (AvgIpc) is 2.30. The van der Waals surface area contributed by atoms with Crippen molar-refractivity contribution in [2.45, 2.75) is 20.3 Å². The van der Waals surface area contributed by atoms with E-state index >= 15 is 0 Å². The maximum absolute atomic E-state index is 10.8. The molecule has 0 bridgehead atoms. The normalized spacial score (nSPS) is 11.3. The van der Waals surface area contributed by atoms with Crippen LogP contribution >= 0.6 is 0 Å². The lowest BCUT2D eigenvalue weighted by molar-refractivity contribution is 0.112. The van der Waals surface area contributed by atoms with E-state index in [2.05, 4.69) is 13.0 Å². The third-order valence-corrected chi connectivity index (χ3v) is 2.46. The first-order chi connectivity index (χ1) is 7.26. The molecule has 1 aromatic rings. The standard InChI is InChI=1S/C13H16O2/c1-4-10(5-2)11-6-7-13(15-3)12(8-11)9-14/h4,6-9H,5H2,1-3H3/b10-4-. The highest BCUT2D eigenvalue weighted by molar-refractivity contribution is 5.82. The van der Waals surface area contributed by atoms with Crippen LogP contribution in [0.5, 0.6) is 5.75 Å². The second-order valence-electron chi connectivity index (χ2n) is 3.24. The van der Waals surface area contributed by atoms with Crippen LogP contribution in [0.25, 0.3) is 5.57 Å². The van der Waals surface area contributed by atoms with Gasteiger partial charge in [-0.15, -0.1) is 0 Å². The molecule has 15 heavy (non-hydrogen) atoms. The van der Waals surface area contributed by atoms with Gasteiger partial charge in [0.25, 0.3) is 0 Å². The predicted molar refractivity (Wildman–Crippen MR) is 62.3 cm³/mol. The largest absolute Gasteiger partial charge is 0.496 e. The highest BCUT2D eigenvalue weighted by Crippen LogP contribution is 2.24. The van der Waals surface area contributed by atoms with Crippen molar-refractivity contribution in [3.05, 3.63) is 35.4 Å². The summed E-state index contributed by atoms with van der Waals surface area (Å²) in [5.41, 5.74) is 2.92. The lowest BCUT2D eigenvalue weighted by Crippen LogP contribution is -1.92. The van der Waals surface area contributed by atoms with Crippen LogP contribution in [-0.2, 0) is 0 Å². The summed E-state index contributed by atoms with van der Waals surface area (Å²) >= 11 is 0. The number of hydrogen-bond acceptors (Lipinski definition) is 2. The first-order valence-corrected chi connectivity index (χ1v) is 5.05. The van der Waals surface area contributed by atoms with E-state index in [1.807, 2.05) is 25.1 Å². The lowest BCUT2D eigenvalue weighted by atomic mass is 10.0. The number of carbonyl (C=O) groups excluding carboxylic acids is 1. The summed E-state index contributed by atoms with van der Waals surface area (Å²) in [6.45, 7) is 4.10. The summed E-state index contributed by atoms with van der Waals surface area (Å²) in [5, 5.41) is 0. The Morgan fingerprint density at radius 3 is 2.67 bits per heavy atom. The number of benzene rings is 1. The number of allylic oxidation sites excluding steroid dienone is 2. The van der Waals surface area contributed by atoms with Gasteiger partial charge in [-0.3, -0.25) is 4.79 Å². The second kappa shape index (κ2) is 5.35. The topological polar surface area (TPSA) is 26.3 Å². The molecule has 0 aliphatic heterocycles. The van der Waals surface area contributed by atoms with Gasteiger partial charge in [0.1, 0.15) is 5.75 Å². The zero-order chi connectivity index (χ0) is 11.3. The van der Waals surface area contributed by atoms with E-state index in [1.165, 1.54) is 5.57 Å². The zero-order valence-corrected chi connectivity index (χ0v) is 9.41. The maximum atomic E-state index is 10.8. The number of carbonyl (C=O) groups is 1. The zero-order valence-electron chi connectivity index (χ0n) is 9.41. The molecule has 0 amide bonds. The van der Waals surface area contributed by atoms with Crippen LogP contribution in [-0.4, -0.2) is 13.4 Å². The third-order valence-electron chi connectivity index (χ3n) is 2.46.